The van der Waals surface area contributed by atoms with E-state index < -0.39 is 0 Å². The Labute approximate surface area is 89.8 Å². The predicted molar refractivity (Wildman–Crippen MR) is 55.3 cm³/mol. The largest absolute Gasteiger partial charge is 0.469 e. The molecule has 1 rings (SSSR count). The van der Waals surface area contributed by atoms with Crippen LogP contribution in [0.2, 0.25) is 0 Å². The first-order valence-corrected chi connectivity index (χ1v) is 5.23. The monoisotopic (exact) mass is 214 g/mol. The fourth-order valence-corrected chi connectivity index (χ4v) is 1.66. The summed E-state index contributed by atoms with van der Waals surface area (Å²) in [6, 6.07) is -0.0867. The van der Waals surface area contributed by atoms with Gasteiger partial charge in [-0.15, -0.1) is 0 Å². The number of nitrogens with zero attached hydrogens (tertiary/aromatic N) is 1. The molecule has 0 radical (unpaired) electrons. The molecule has 0 spiro atoms. The van der Waals surface area contributed by atoms with Crippen LogP contribution in [0.4, 0.5) is 0 Å². The summed E-state index contributed by atoms with van der Waals surface area (Å²) in [7, 11) is 1.39. The van der Waals surface area contributed by atoms with E-state index in [4.69, 9.17) is 0 Å². The molecule has 1 amide bonds. The van der Waals surface area contributed by atoms with Crippen LogP contribution in [-0.2, 0) is 14.3 Å². The van der Waals surface area contributed by atoms with E-state index in [9.17, 15) is 9.59 Å². The normalized spacial score (nSPS) is 22.3. The summed E-state index contributed by atoms with van der Waals surface area (Å²) in [5.41, 5.74) is 0. The molecule has 1 aliphatic heterocycles. The van der Waals surface area contributed by atoms with E-state index in [1.54, 1.807) is 0 Å². The van der Waals surface area contributed by atoms with E-state index in [0.717, 1.165) is 19.5 Å². The zero-order valence-corrected chi connectivity index (χ0v) is 9.28. The van der Waals surface area contributed by atoms with Crippen molar-refractivity contribution in [3.05, 3.63) is 0 Å². The molecule has 15 heavy (non-hydrogen) atoms. The van der Waals surface area contributed by atoms with Crippen molar-refractivity contribution in [2.75, 3.05) is 26.7 Å². The van der Waals surface area contributed by atoms with Gasteiger partial charge in [-0.1, -0.05) is 0 Å². The SMILES string of the molecule is COC(=O)CCCN1CCNC(=O)C1C. The number of hydrogen-bond acceptors (Lipinski definition) is 4. The summed E-state index contributed by atoms with van der Waals surface area (Å²) in [5.74, 6) is -0.122. The average Bonchev–Trinajstić information content (AvgIpc) is 2.24. The number of methoxy groups -OCH3 is 1. The molecule has 1 heterocycles. The summed E-state index contributed by atoms with van der Waals surface area (Å²) >= 11 is 0. The van der Waals surface area contributed by atoms with E-state index in [1.807, 2.05) is 6.92 Å². The standard InChI is InChI=1S/C10H18N2O3/c1-8-10(14)11-5-7-12(8)6-3-4-9(13)15-2/h8H,3-7H2,1-2H3,(H,11,14). The number of amides is 1. The lowest BCUT2D eigenvalue weighted by Crippen LogP contribution is -2.53. The van der Waals surface area contributed by atoms with Gasteiger partial charge in [0, 0.05) is 19.5 Å². The minimum Gasteiger partial charge on any atom is -0.469 e. The lowest BCUT2D eigenvalue weighted by molar-refractivity contribution is -0.140. The van der Waals surface area contributed by atoms with Crippen molar-refractivity contribution >= 4 is 11.9 Å². The number of hydrogen-bond donors (Lipinski definition) is 1. The maximum atomic E-state index is 11.3. The lowest BCUT2D eigenvalue weighted by Gasteiger charge is -2.32. The summed E-state index contributed by atoms with van der Waals surface area (Å²) < 4.78 is 4.55. The minimum atomic E-state index is -0.191. The summed E-state index contributed by atoms with van der Waals surface area (Å²) in [6.45, 7) is 4.20. The molecule has 0 aromatic rings. The molecule has 1 unspecified atom stereocenters. The summed E-state index contributed by atoms with van der Waals surface area (Å²) in [5, 5.41) is 2.80. The Bertz CT molecular complexity index is 243. The van der Waals surface area contributed by atoms with Gasteiger partial charge in [0.2, 0.25) is 5.91 Å². The Morgan fingerprint density at radius 1 is 1.67 bits per heavy atom. The lowest BCUT2D eigenvalue weighted by atomic mass is 10.2. The topological polar surface area (TPSA) is 58.6 Å². The Balaban J connectivity index is 2.25. The minimum absolute atomic E-state index is 0.0688. The number of carbonyl (C=O) groups is 2. The first kappa shape index (κ1) is 12.0. The molecule has 0 aromatic heterocycles. The maximum absolute atomic E-state index is 11.3. The summed E-state index contributed by atoms with van der Waals surface area (Å²) in [6.07, 6.45) is 1.16. The number of rotatable bonds is 4. The number of esters is 1. The zero-order valence-electron chi connectivity index (χ0n) is 9.28. The van der Waals surface area contributed by atoms with Gasteiger partial charge in [-0.25, -0.2) is 0 Å². The van der Waals surface area contributed by atoms with Crippen molar-refractivity contribution in [1.29, 1.82) is 0 Å². The second-order valence-electron chi connectivity index (χ2n) is 3.68. The van der Waals surface area contributed by atoms with Gasteiger partial charge in [-0.3, -0.25) is 14.5 Å². The molecule has 0 saturated carbocycles. The molecule has 5 nitrogen and oxygen atoms in total. The number of carbonyl (C=O) groups excluding carboxylic acids is 2. The van der Waals surface area contributed by atoms with E-state index in [-0.39, 0.29) is 17.9 Å². The van der Waals surface area contributed by atoms with Gasteiger partial charge >= 0.3 is 5.97 Å². The van der Waals surface area contributed by atoms with Gasteiger partial charge in [0.15, 0.2) is 0 Å². The van der Waals surface area contributed by atoms with Crippen LogP contribution in [0.1, 0.15) is 19.8 Å². The van der Waals surface area contributed by atoms with Crippen LogP contribution in [0.5, 0.6) is 0 Å². The first-order chi connectivity index (χ1) is 7.15. The molecular formula is C10H18N2O3. The average molecular weight is 214 g/mol. The third kappa shape index (κ3) is 3.51. The maximum Gasteiger partial charge on any atom is 0.305 e. The van der Waals surface area contributed by atoms with Gasteiger partial charge in [-0.05, 0) is 19.9 Å². The fourth-order valence-electron chi connectivity index (χ4n) is 1.66. The van der Waals surface area contributed by atoms with Gasteiger partial charge < -0.3 is 10.1 Å². The molecule has 86 valence electrons. The van der Waals surface area contributed by atoms with Crippen molar-refractivity contribution in [3.63, 3.8) is 0 Å². The van der Waals surface area contributed by atoms with Gasteiger partial charge in [0.1, 0.15) is 0 Å². The third-order valence-electron chi connectivity index (χ3n) is 2.68. The zero-order chi connectivity index (χ0) is 11.3. The van der Waals surface area contributed by atoms with Crippen LogP contribution in [0.3, 0.4) is 0 Å². The molecular weight excluding hydrogens is 196 g/mol. The van der Waals surface area contributed by atoms with Gasteiger partial charge in [-0.2, -0.15) is 0 Å². The molecule has 1 atom stereocenters. The van der Waals surface area contributed by atoms with Crippen molar-refractivity contribution in [2.45, 2.75) is 25.8 Å². The fraction of sp³-hybridized carbons (Fsp3) is 0.800. The quantitative estimate of drug-likeness (QED) is 0.656. The Hall–Kier alpha value is -1.10. The van der Waals surface area contributed by atoms with Gasteiger partial charge in [0.05, 0.1) is 13.2 Å². The Kier molecular flexibility index (Phi) is 4.55. The highest BCUT2D eigenvalue weighted by atomic mass is 16.5. The van der Waals surface area contributed by atoms with Crippen molar-refractivity contribution in [1.82, 2.24) is 10.2 Å². The molecule has 1 N–H and O–H groups in total. The van der Waals surface area contributed by atoms with Crippen LogP contribution in [-0.4, -0.2) is 49.6 Å². The molecule has 0 aromatic carbocycles. The smallest absolute Gasteiger partial charge is 0.305 e. The molecule has 1 fully saturated rings. The predicted octanol–water partition coefficient (Wildman–Crippen LogP) is -0.240. The van der Waals surface area contributed by atoms with Crippen LogP contribution in [0.25, 0.3) is 0 Å². The molecule has 0 bridgehead atoms. The molecule has 5 heteroatoms. The van der Waals surface area contributed by atoms with Crippen LogP contribution < -0.4 is 5.32 Å². The summed E-state index contributed by atoms with van der Waals surface area (Å²) in [4.78, 5) is 24.3. The third-order valence-corrected chi connectivity index (χ3v) is 2.68. The van der Waals surface area contributed by atoms with Crippen molar-refractivity contribution in [2.24, 2.45) is 0 Å². The molecule has 0 aliphatic carbocycles. The highest BCUT2D eigenvalue weighted by molar-refractivity contribution is 5.82. The Morgan fingerprint density at radius 2 is 2.40 bits per heavy atom. The van der Waals surface area contributed by atoms with Crippen LogP contribution >= 0.6 is 0 Å². The highest BCUT2D eigenvalue weighted by Crippen LogP contribution is 2.05. The van der Waals surface area contributed by atoms with Crippen molar-refractivity contribution < 1.29 is 14.3 Å². The number of piperazine rings is 1. The molecule has 1 saturated heterocycles. The Morgan fingerprint density at radius 3 is 3.07 bits per heavy atom. The van der Waals surface area contributed by atoms with E-state index in [0.29, 0.717) is 13.0 Å². The van der Waals surface area contributed by atoms with E-state index in [1.165, 1.54) is 7.11 Å². The second kappa shape index (κ2) is 5.70. The second-order valence-corrected chi connectivity index (χ2v) is 3.68. The first-order valence-electron chi connectivity index (χ1n) is 5.23. The highest BCUT2D eigenvalue weighted by Gasteiger charge is 2.24. The van der Waals surface area contributed by atoms with Gasteiger partial charge in [0.25, 0.3) is 0 Å². The molecule has 1 aliphatic rings. The number of ether oxygens (including phenoxy) is 1. The van der Waals surface area contributed by atoms with Crippen molar-refractivity contribution in [3.8, 4) is 0 Å². The number of nitrogens with one attached hydrogen (secondary N) is 1. The van der Waals surface area contributed by atoms with Crippen LogP contribution in [0, 0.1) is 0 Å². The van der Waals surface area contributed by atoms with E-state index in [2.05, 4.69) is 15.0 Å². The van der Waals surface area contributed by atoms with Crippen LogP contribution in [0.15, 0.2) is 0 Å². The van der Waals surface area contributed by atoms with E-state index >= 15 is 0 Å².